The van der Waals surface area contributed by atoms with E-state index in [1.165, 1.54) is 17.7 Å². The van der Waals surface area contributed by atoms with Crippen molar-refractivity contribution in [2.75, 3.05) is 25.0 Å². The first kappa shape index (κ1) is 10.2. The molecule has 3 rings (SSSR count). The molecule has 2 heteroatoms. The molecular weight excluding hydrogens is 196 g/mol. The van der Waals surface area contributed by atoms with Crippen molar-refractivity contribution in [1.29, 1.82) is 0 Å². The molecule has 2 nitrogen and oxygen atoms in total. The van der Waals surface area contributed by atoms with Crippen molar-refractivity contribution in [3.8, 4) is 0 Å². The summed E-state index contributed by atoms with van der Waals surface area (Å²) in [6, 6.07) is 6.88. The molecule has 86 valence electrons. The van der Waals surface area contributed by atoms with Gasteiger partial charge in [-0.3, -0.25) is 0 Å². The fourth-order valence-electron chi connectivity index (χ4n) is 3.32. The number of anilines is 1. The molecule has 2 N–H and O–H groups in total. The highest BCUT2D eigenvalue weighted by atomic mass is 15.0. The number of aryl methyl sites for hydroxylation is 1. The fourth-order valence-corrected chi connectivity index (χ4v) is 3.32. The molecule has 2 atom stereocenters. The number of fused-ring (bicyclic) bond motifs is 2. The van der Waals surface area contributed by atoms with Crippen molar-refractivity contribution in [1.82, 2.24) is 5.32 Å². The summed E-state index contributed by atoms with van der Waals surface area (Å²) >= 11 is 0. The predicted molar refractivity (Wildman–Crippen MR) is 68.0 cm³/mol. The molecule has 2 aliphatic rings. The molecule has 0 aromatic heterocycles. The lowest BCUT2D eigenvalue weighted by Crippen LogP contribution is -2.48. The third kappa shape index (κ3) is 1.29. The van der Waals surface area contributed by atoms with Crippen LogP contribution in [0, 0.1) is 12.8 Å². The number of hydrogen-bond donors (Lipinski definition) is 2. The Morgan fingerprint density at radius 1 is 1.38 bits per heavy atom. The molecule has 0 aliphatic carbocycles. The van der Waals surface area contributed by atoms with Crippen LogP contribution in [0.4, 0.5) is 5.69 Å². The molecular formula is C14H20N2. The molecule has 0 bridgehead atoms. The maximum absolute atomic E-state index is 3.60. The Morgan fingerprint density at radius 3 is 3.06 bits per heavy atom. The molecule has 0 radical (unpaired) electrons. The van der Waals surface area contributed by atoms with Crippen LogP contribution in [0.5, 0.6) is 0 Å². The third-order valence-electron chi connectivity index (χ3n) is 4.45. The first-order chi connectivity index (χ1) is 7.72. The van der Waals surface area contributed by atoms with Gasteiger partial charge in [0.2, 0.25) is 0 Å². The van der Waals surface area contributed by atoms with E-state index in [4.69, 9.17) is 0 Å². The van der Waals surface area contributed by atoms with Crippen molar-refractivity contribution in [3.63, 3.8) is 0 Å². The second-order valence-corrected chi connectivity index (χ2v) is 5.41. The minimum atomic E-state index is 0.383. The van der Waals surface area contributed by atoms with E-state index >= 15 is 0 Å². The maximum atomic E-state index is 3.60. The third-order valence-corrected chi connectivity index (χ3v) is 4.45. The van der Waals surface area contributed by atoms with Crippen LogP contribution < -0.4 is 10.6 Å². The molecule has 1 saturated heterocycles. The SMILES string of the molecule is Cc1ccc2c(c1)NCC21CCNCC1C. The Kier molecular flexibility index (Phi) is 2.21. The number of hydrogen-bond acceptors (Lipinski definition) is 2. The van der Waals surface area contributed by atoms with E-state index in [9.17, 15) is 0 Å². The van der Waals surface area contributed by atoms with Crippen LogP contribution in [0.25, 0.3) is 0 Å². The summed E-state index contributed by atoms with van der Waals surface area (Å²) in [4.78, 5) is 0. The van der Waals surface area contributed by atoms with Gasteiger partial charge in [0.1, 0.15) is 0 Å². The topological polar surface area (TPSA) is 24.1 Å². The number of rotatable bonds is 0. The lowest BCUT2D eigenvalue weighted by Gasteiger charge is -2.40. The van der Waals surface area contributed by atoms with Crippen LogP contribution in [0.3, 0.4) is 0 Å². The summed E-state index contributed by atoms with van der Waals surface area (Å²) in [7, 11) is 0. The molecule has 1 spiro atoms. The van der Waals surface area contributed by atoms with Crippen LogP contribution in [-0.2, 0) is 5.41 Å². The largest absolute Gasteiger partial charge is 0.384 e. The fraction of sp³-hybridized carbons (Fsp3) is 0.571. The van der Waals surface area contributed by atoms with Gasteiger partial charge in [0.05, 0.1) is 0 Å². The zero-order chi connectivity index (χ0) is 11.2. The number of benzene rings is 1. The Labute approximate surface area is 97.4 Å². The zero-order valence-electron chi connectivity index (χ0n) is 10.1. The highest BCUT2D eigenvalue weighted by Gasteiger charge is 2.44. The molecule has 2 heterocycles. The minimum absolute atomic E-state index is 0.383. The average molecular weight is 216 g/mol. The Bertz CT molecular complexity index is 413. The summed E-state index contributed by atoms with van der Waals surface area (Å²) in [6.07, 6.45) is 1.26. The molecule has 1 aromatic rings. The lowest BCUT2D eigenvalue weighted by atomic mass is 9.68. The molecule has 1 aromatic carbocycles. The van der Waals surface area contributed by atoms with Crippen LogP contribution >= 0.6 is 0 Å². The van der Waals surface area contributed by atoms with Gasteiger partial charge in [0, 0.05) is 17.6 Å². The monoisotopic (exact) mass is 216 g/mol. The van der Waals surface area contributed by atoms with E-state index in [2.05, 4.69) is 42.7 Å². The van der Waals surface area contributed by atoms with Crippen molar-refractivity contribution in [2.45, 2.75) is 25.7 Å². The Balaban J connectivity index is 2.06. The van der Waals surface area contributed by atoms with Gasteiger partial charge in [-0.25, -0.2) is 0 Å². The van der Waals surface area contributed by atoms with E-state index in [-0.39, 0.29) is 0 Å². The predicted octanol–water partition coefficient (Wildman–Crippen LogP) is 2.29. The standard InChI is InChI=1S/C14H20N2/c1-10-3-4-12-13(7-10)16-9-14(12)5-6-15-8-11(14)2/h3-4,7,11,15-16H,5-6,8-9H2,1-2H3. The van der Waals surface area contributed by atoms with Crippen molar-refractivity contribution < 1.29 is 0 Å². The molecule has 2 aliphatic heterocycles. The van der Waals surface area contributed by atoms with Gasteiger partial charge in [-0.15, -0.1) is 0 Å². The first-order valence-corrected chi connectivity index (χ1v) is 6.28. The number of piperidine rings is 1. The van der Waals surface area contributed by atoms with E-state index in [0.29, 0.717) is 5.41 Å². The molecule has 2 unspecified atom stereocenters. The second-order valence-electron chi connectivity index (χ2n) is 5.41. The van der Waals surface area contributed by atoms with Crippen LogP contribution in [0.15, 0.2) is 18.2 Å². The van der Waals surface area contributed by atoms with E-state index < -0.39 is 0 Å². The highest BCUT2D eigenvalue weighted by Crippen LogP contribution is 2.45. The lowest BCUT2D eigenvalue weighted by molar-refractivity contribution is 0.238. The van der Waals surface area contributed by atoms with E-state index in [1.807, 2.05) is 0 Å². The van der Waals surface area contributed by atoms with Gasteiger partial charge in [0.15, 0.2) is 0 Å². The zero-order valence-corrected chi connectivity index (χ0v) is 10.1. The quantitative estimate of drug-likeness (QED) is 0.695. The van der Waals surface area contributed by atoms with Crippen molar-refractivity contribution in [2.24, 2.45) is 5.92 Å². The van der Waals surface area contributed by atoms with Crippen molar-refractivity contribution >= 4 is 5.69 Å². The van der Waals surface area contributed by atoms with Crippen LogP contribution in [0.1, 0.15) is 24.5 Å². The summed E-state index contributed by atoms with van der Waals surface area (Å²) in [5.41, 5.74) is 4.65. The smallest absolute Gasteiger partial charge is 0.0382 e. The second kappa shape index (κ2) is 3.49. The van der Waals surface area contributed by atoms with Crippen LogP contribution in [0.2, 0.25) is 0 Å². The van der Waals surface area contributed by atoms with E-state index in [0.717, 1.165) is 25.6 Å². The summed E-state index contributed by atoms with van der Waals surface area (Å²) in [5, 5.41) is 7.10. The first-order valence-electron chi connectivity index (χ1n) is 6.28. The van der Waals surface area contributed by atoms with Crippen LogP contribution in [-0.4, -0.2) is 19.6 Å². The maximum Gasteiger partial charge on any atom is 0.0382 e. The normalized spacial score (nSPS) is 32.5. The van der Waals surface area contributed by atoms with Gasteiger partial charge in [-0.05, 0) is 49.5 Å². The van der Waals surface area contributed by atoms with Gasteiger partial charge >= 0.3 is 0 Å². The molecule has 0 amide bonds. The Morgan fingerprint density at radius 2 is 2.25 bits per heavy atom. The summed E-state index contributed by atoms with van der Waals surface area (Å²) < 4.78 is 0. The Hall–Kier alpha value is -1.02. The summed E-state index contributed by atoms with van der Waals surface area (Å²) in [5.74, 6) is 0.720. The molecule has 1 fully saturated rings. The van der Waals surface area contributed by atoms with Gasteiger partial charge in [-0.2, -0.15) is 0 Å². The van der Waals surface area contributed by atoms with Gasteiger partial charge in [-0.1, -0.05) is 19.1 Å². The summed E-state index contributed by atoms with van der Waals surface area (Å²) in [6.45, 7) is 7.96. The minimum Gasteiger partial charge on any atom is -0.384 e. The number of nitrogens with one attached hydrogen (secondary N) is 2. The average Bonchev–Trinajstić information content (AvgIpc) is 2.62. The van der Waals surface area contributed by atoms with Gasteiger partial charge in [0.25, 0.3) is 0 Å². The molecule has 16 heavy (non-hydrogen) atoms. The molecule has 0 saturated carbocycles. The van der Waals surface area contributed by atoms with Gasteiger partial charge < -0.3 is 10.6 Å². The van der Waals surface area contributed by atoms with Crippen molar-refractivity contribution in [3.05, 3.63) is 29.3 Å². The highest BCUT2D eigenvalue weighted by molar-refractivity contribution is 5.62. The van der Waals surface area contributed by atoms with E-state index in [1.54, 1.807) is 5.56 Å².